The van der Waals surface area contributed by atoms with E-state index in [4.69, 9.17) is 0 Å². The summed E-state index contributed by atoms with van der Waals surface area (Å²) in [6.45, 7) is 2.72. The summed E-state index contributed by atoms with van der Waals surface area (Å²) >= 11 is 2.02. The van der Waals surface area contributed by atoms with E-state index in [1.807, 2.05) is 36.9 Å². The number of thioether (sulfide) groups is 1. The number of phenolic OH excluding ortho intramolecular Hbond substituents is 1. The molecule has 1 aliphatic rings. The molecule has 3 heteroatoms. The minimum atomic E-state index is 0.443. The smallest absolute Gasteiger partial charge is 0.122 e. The third-order valence-electron chi connectivity index (χ3n) is 3.06. The summed E-state index contributed by atoms with van der Waals surface area (Å²) in [5.41, 5.74) is 1.97. The number of hydrogen-bond donors (Lipinski definition) is 2. The maximum absolute atomic E-state index is 9.88. The van der Waals surface area contributed by atoms with Crippen molar-refractivity contribution in [1.29, 1.82) is 0 Å². The topological polar surface area (TPSA) is 32.3 Å². The Morgan fingerprint density at radius 1 is 1.50 bits per heavy atom. The van der Waals surface area contributed by atoms with Gasteiger partial charge in [-0.1, -0.05) is 18.2 Å². The minimum Gasteiger partial charge on any atom is -0.507 e. The molecule has 2 N–H and O–H groups in total. The van der Waals surface area contributed by atoms with Gasteiger partial charge in [-0.25, -0.2) is 0 Å². The molecule has 0 aromatic heterocycles. The molecule has 0 bridgehead atoms. The van der Waals surface area contributed by atoms with Crippen LogP contribution in [0.25, 0.3) is 0 Å². The molecule has 2 rings (SSSR count). The van der Waals surface area contributed by atoms with Crippen LogP contribution in [0.3, 0.4) is 0 Å². The first-order chi connectivity index (χ1) is 7.77. The zero-order chi connectivity index (χ0) is 11.4. The van der Waals surface area contributed by atoms with Crippen LogP contribution in [0.5, 0.6) is 5.75 Å². The van der Waals surface area contributed by atoms with Gasteiger partial charge in [-0.3, -0.25) is 0 Å². The molecule has 1 aliphatic heterocycles. The van der Waals surface area contributed by atoms with Crippen LogP contribution >= 0.6 is 11.8 Å². The first kappa shape index (κ1) is 11.8. The van der Waals surface area contributed by atoms with Crippen molar-refractivity contribution in [3.05, 3.63) is 29.3 Å². The first-order valence-electron chi connectivity index (χ1n) is 5.86. The Balaban J connectivity index is 1.91. The number of phenols is 1. The molecule has 0 saturated carbocycles. The molecule has 0 spiro atoms. The second-order valence-corrected chi connectivity index (χ2v) is 5.53. The molecule has 1 saturated heterocycles. The molecule has 1 atom stereocenters. The highest BCUT2D eigenvalue weighted by Gasteiger charge is 2.13. The van der Waals surface area contributed by atoms with Gasteiger partial charge in [0.2, 0.25) is 0 Å². The lowest BCUT2D eigenvalue weighted by Gasteiger charge is -2.22. The van der Waals surface area contributed by atoms with Gasteiger partial charge in [0.1, 0.15) is 5.75 Å². The average molecular weight is 237 g/mol. The quantitative estimate of drug-likeness (QED) is 0.848. The van der Waals surface area contributed by atoms with Crippen molar-refractivity contribution < 1.29 is 5.11 Å². The molecular weight excluding hydrogens is 218 g/mol. The Morgan fingerprint density at radius 2 is 2.38 bits per heavy atom. The Kier molecular flexibility index (Phi) is 4.13. The molecule has 0 aliphatic carbocycles. The zero-order valence-electron chi connectivity index (χ0n) is 9.70. The van der Waals surface area contributed by atoms with Gasteiger partial charge in [-0.05, 0) is 31.1 Å². The number of aromatic hydroxyl groups is 1. The molecule has 1 fully saturated rings. The predicted octanol–water partition coefficient (Wildman–Crippen LogP) is 2.69. The summed E-state index contributed by atoms with van der Waals surface area (Å²) in [5.74, 6) is 2.94. The second kappa shape index (κ2) is 5.60. The van der Waals surface area contributed by atoms with E-state index in [1.54, 1.807) is 0 Å². The van der Waals surface area contributed by atoms with E-state index in [2.05, 4.69) is 5.32 Å². The summed E-state index contributed by atoms with van der Waals surface area (Å²) in [7, 11) is 0. The van der Waals surface area contributed by atoms with Crippen molar-refractivity contribution in [1.82, 2.24) is 5.32 Å². The zero-order valence-corrected chi connectivity index (χ0v) is 10.5. The van der Waals surface area contributed by atoms with Gasteiger partial charge in [-0.2, -0.15) is 11.8 Å². The first-order valence-corrected chi connectivity index (χ1v) is 7.01. The summed E-state index contributed by atoms with van der Waals surface area (Å²) in [4.78, 5) is 0. The van der Waals surface area contributed by atoms with Gasteiger partial charge in [0.05, 0.1) is 0 Å². The van der Waals surface area contributed by atoms with Crippen LogP contribution in [-0.4, -0.2) is 22.7 Å². The van der Waals surface area contributed by atoms with Crippen molar-refractivity contribution in [3.8, 4) is 5.75 Å². The van der Waals surface area contributed by atoms with E-state index in [0.29, 0.717) is 11.8 Å². The average Bonchev–Trinajstić information content (AvgIpc) is 2.32. The standard InChI is InChI=1S/C13H19NOS/c1-10-4-2-5-11(13(10)15)8-14-12-6-3-7-16-9-12/h2,4-5,12,14-15H,3,6-9H2,1H3. The van der Waals surface area contributed by atoms with Gasteiger partial charge in [0, 0.05) is 23.9 Å². The second-order valence-electron chi connectivity index (χ2n) is 4.38. The number of para-hydroxylation sites is 1. The predicted molar refractivity (Wildman–Crippen MR) is 70.0 cm³/mol. The molecule has 16 heavy (non-hydrogen) atoms. The third kappa shape index (κ3) is 2.92. The van der Waals surface area contributed by atoms with Gasteiger partial charge < -0.3 is 10.4 Å². The summed E-state index contributed by atoms with van der Waals surface area (Å²) in [6, 6.07) is 6.54. The molecule has 0 amide bonds. The fraction of sp³-hybridized carbons (Fsp3) is 0.538. The lowest BCUT2D eigenvalue weighted by atomic mass is 10.1. The highest BCUT2D eigenvalue weighted by molar-refractivity contribution is 7.99. The maximum atomic E-state index is 9.88. The fourth-order valence-electron chi connectivity index (χ4n) is 2.02. The fourth-order valence-corrected chi connectivity index (χ4v) is 3.12. The number of nitrogens with one attached hydrogen (secondary N) is 1. The lowest BCUT2D eigenvalue weighted by molar-refractivity contribution is 0.451. The van der Waals surface area contributed by atoms with E-state index >= 15 is 0 Å². The molecule has 1 aromatic rings. The third-order valence-corrected chi connectivity index (χ3v) is 4.28. The number of rotatable bonds is 3. The highest BCUT2D eigenvalue weighted by Crippen LogP contribution is 2.22. The van der Waals surface area contributed by atoms with Crippen molar-refractivity contribution in [3.63, 3.8) is 0 Å². The molecule has 1 aromatic carbocycles. The highest BCUT2D eigenvalue weighted by atomic mass is 32.2. The Morgan fingerprint density at radius 3 is 3.12 bits per heavy atom. The number of hydrogen-bond acceptors (Lipinski definition) is 3. The maximum Gasteiger partial charge on any atom is 0.122 e. The van der Waals surface area contributed by atoms with Gasteiger partial charge in [-0.15, -0.1) is 0 Å². The van der Waals surface area contributed by atoms with E-state index in [9.17, 15) is 5.11 Å². The summed E-state index contributed by atoms with van der Waals surface area (Å²) < 4.78 is 0. The largest absolute Gasteiger partial charge is 0.507 e. The van der Waals surface area contributed by atoms with Crippen molar-refractivity contribution in [2.24, 2.45) is 0 Å². The molecule has 2 nitrogen and oxygen atoms in total. The molecular formula is C13H19NOS. The lowest BCUT2D eigenvalue weighted by Crippen LogP contribution is -2.33. The van der Waals surface area contributed by atoms with E-state index in [0.717, 1.165) is 17.7 Å². The Labute approximate surface area is 101 Å². The van der Waals surface area contributed by atoms with Gasteiger partial charge >= 0.3 is 0 Å². The van der Waals surface area contributed by atoms with Crippen molar-refractivity contribution in [2.45, 2.75) is 32.4 Å². The number of aryl methyl sites for hydroxylation is 1. The normalized spacial score (nSPS) is 20.9. The SMILES string of the molecule is Cc1cccc(CNC2CCCSC2)c1O. The van der Waals surface area contributed by atoms with Crippen molar-refractivity contribution in [2.75, 3.05) is 11.5 Å². The van der Waals surface area contributed by atoms with Gasteiger partial charge in [0.15, 0.2) is 0 Å². The molecule has 0 radical (unpaired) electrons. The van der Waals surface area contributed by atoms with Crippen LogP contribution in [0.2, 0.25) is 0 Å². The minimum absolute atomic E-state index is 0.443. The van der Waals surface area contributed by atoms with Crippen LogP contribution in [-0.2, 0) is 6.54 Å². The molecule has 1 heterocycles. The molecule has 1 unspecified atom stereocenters. The summed E-state index contributed by atoms with van der Waals surface area (Å²) in [6.07, 6.45) is 2.57. The van der Waals surface area contributed by atoms with Crippen LogP contribution in [0.4, 0.5) is 0 Å². The molecule has 88 valence electrons. The van der Waals surface area contributed by atoms with Crippen LogP contribution in [0.1, 0.15) is 24.0 Å². The van der Waals surface area contributed by atoms with Crippen molar-refractivity contribution >= 4 is 11.8 Å². The Bertz CT molecular complexity index is 348. The Hall–Kier alpha value is -0.670. The number of benzene rings is 1. The van der Waals surface area contributed by atoms with Crippen LogP contribution < -0.4 is 5.32 Å². The van der Waals surface area contributed by atoms with Crippen LogP contribution in [0, 0.1) is 6.92 Å². The van der Waals surface area contributed by atoms with Crippen LogP contribution in [0.15, 0.2) is 18.2 Å². The summed E-state index contributed by atoms with van der Waals surface area (Å²) in [5, 5.41) is 13.4. The van der Waals surface area contributed by atoms with E-state index in [-0.39, 0.29) is 0 Å². The van der Waals surface area contributed by atoms with Gasteiger partial charge in [0.25, 0.3) is 0 Å². The van der Waals surface area contributed by atoms with E-state index < -0.39 is 0 Å². The van der Waals surface area contributed by atoms with E-state index in [1.165, 1.54) is 24.3 Å². The monoisotopic (exact) mass is 237 g/mol.